The van der Waals surface area contributed by atoms with Crippen molar-refractivity contribution in [3.8, 4) is 5.75 Å². The summed E-state index contributed by atoms with van der Waals surface area (Å²) in [5.74, 6) is 0.937. The highest BCUT2D eigenvalue weighted by Crippen LogP contribution is 2.36. The van der Waals surface area contributed by atoms with Crippen LogP contribution < -0.4 is 10.1 Å². The van der Waals surface area contributed by atoms with Crippen LogP contribution in [-0.2, 0) is 17.1 Å². The lowest BCUT2D eigenvalue weighted by atomic mass is 10.1. The maximum absolute atomic E-state index is 13.8. The van der Waals surface area contributed by atoms with E-state index in [2.05, 4.69) is 15.5 Å². The summed E-state index contributed by atoms with van der Waals surface area (Å²) in [6.45, 7) is 2.48. The van der Waals surface area contributed by atoms with Gasteiger partial charge in [0.1, 0.15) is 11.6 Å². The number of aromatic nitrogens is 2. The minimum absolute atomic E-state index is 0.183. The topological polar surface area (TPSA) is 56.3 Å². The van der Waals surface area contributed by atoms with Gasteiger partial charge in [-0.15, -0.1) is 10.2 Å². The molecule has 2 heterocycles. The van der Waals surface area contributed by atoms with Gasteiger partial charge in [0.25, 0.3) is 0 Å². The normalized spacial score (nSPS) is 13.1. The second kappa shape index (κ2) is 8.02. The Morgan fingerprint density at radius 2 is 2.22 bits per heavy atom. The Labute approximate surface area is 168 Å². The van der Waals surface area contributed by atoms with Gasteiger partial charge in [0.05, 0.1) is 6.61 Å². The first-order valence-electron chi connectivity index (χ1n) is 8.10. The minimum Gasteiger partial charge on any atom is -0.467 e. The summed E-state index contributed by atoms with van der Waals surface area (Å²) in [5, 5.41) is 13.0. The number of nitrogens with one attached hydrogen (secondary N) is 1. The second-order valence-electron chi connectivity index (χ2n) is 5.86. The summed E-state index contributed by atoms with van der Waals surface area (Å²) in [5.41, 5.74) is 3.36. The number of hydrogen-bond donors (Lipinski definition) is 1. The lowest BCUT2D eigenvalue weighted by molar-refractivity contribution is -0.0171. The summed E-state index contributed by atoms with van der Waals surface area (Å²) in [4.78, 5) is 0. The summed E-state index contributed by atoms with van der Waals surface area (Å²) in [6.07, 6.45) is 0. The molecule has 0 spiro atoms. The van der Waals surface area contributed by atoms with Gasteiger partial charge >= 0.3 is 0 Å². The number of nitrogens with zero attached hydrogens (tertiary/aromatic N) is 2. The zero-order valence-electron chi connectivity index (χ0n) is 14.3. The highest BCUT2D eigenvalue weighted by Gasteiger charge is 2.18. The monoisotopic (exact) mass is 423 g/mol. The SMILES string of the molecule is Cc1c(Cl)cccc1Nc1nnc(SCc2cc(F)cc3c2OCOC3)s1. The van der Waals surface area contributed by atoms with E-state index in [0.717, 1.165) is 26.7 Å². The van der Waals surface area contributed by atoms with Crippen LogP contribution in [0, 0.1) is 12.7 Å². The molecule has 0 aliphatic carbocycles. The number of hydrogen-bond acceptors (Lipinski definition) is 7. The van der Waals surface area contributed by atoms with Crippen molar-refractivity contribution in [1.29, 1.82) is 0 Å². The third-order valence-electron chi connectivity index (χ3n) is 4.02. The van der Waals surface area contributed by atoms with Crippen LogP contribution in [0.1, 0.15) is 16.7 Å². The maximum Gasteiger partial charge on any atom is 0.210 e. The average Bonchev–Trinajstić information content (AvgIpc) is 3.11. The Bertz CT molecular complexity index is 983. The van der Waals surface area contributed by atoms with E-state index in [1.165, 1.54) is 35.2 Å². The molecule has 0 fully saturated rings. The molecule has 0 amide bonds. The number of anilines is 2. The average molecular weight is 424 g/mol. The van der Waals surface area contributed by atoms with Crippen LogP contribution in [0.5, 0.6) is 5.75 Å². The zero-order valence-corrected chi connectivity index (χ0v) is 16.7. The Balaban J connectivity index is 1.46. The number of fused-ring (bicyclic) bond motifs is 1. The molecule has 2 aromatic carbocycles. The molecule has 1 aliphatic heterocycles. The fourth-order valence-electron chi connectivity index (χ4n) is 2.68. The largest absolute Gasteiger partial charge is 0.467 e. The molecule has 1 N–H and O–H groups in total. The van der Waals surface area contributed by atoms with E-state index in [1.807, 2.05) is 25.1 Å². The Hall–Kier alpha value is -1.87. The van der Waals surface area contributed by atoms with Gasteiger partial charge in [-0.1, -0.05) is 40.8 Å². The Morgan fingerprint density at radius 3 is 3.11 bits per heavy atom. The molecule has 3 aromatic rings. The highest BCUT2D eigenvalue weighted by molar-refractivity contribution is 8.00. The molecule has 1 aliphatic rings. The predicted octanol–water partition coefficient (Wildman–Crippen LogP) is 5.54. The van der Waals surface area contributed by atoms with Crippen molar-refractivity contribution in [3.05, 3.63) is 57.9 Å². The fraction of sp³-hybridized carbons (Fsp3) is 0.222. The van der Waals surface area contributed by atoms with Crippen LogP contribution >= 0.6 is 34.7 Å². The molecule has 27 heavy (non-hydrogen) atoms. The van der Waals surface area contributed by atoms with Crippen molar-refractivity contribution in [1.82, 2.24) is 10.2 Å². The van der Waals surface area contributed by atoms with Crippen LogP contribution in [0.15, 0.2) is 34.7 Å². The molecule has 0 unspecified atom stereocenters. The van der Waals surface area contributed by atoms with Crippen LogP contribution in [-0.4, -0.2) is 17.0 Å². The van der Waals surface area contributed by atoms with E-state index in [-0.39, 0.29) is 12.6 Å². The van der Waals surface area contributed by atoms with Crippen molar-refractivity contribution >= 4 is 45.5 Å². The first kappa shape index (κ1) is 18.5. The third-order valence-corrected chi connectivity index (χ3v) is 6.45. The molecule has 0 bridgehead atoms. The van der Waals surface area contributed by atoms with Crippen LogP contribution in [0.3, 0.4) is 0 Å². The molecule has 0 radical (unpaired) electrons. The summed E-state index contributed by atoms with van der Waals surface area (Å²) < 4.78 is 25.4. The van der Waals surface area contributed by atoms with Crippen molar-refractivity contribution in [2.45, 2.75) is 23.6 Å². The van der Waals surface area contributed by atoms with Crippen molar-refractivity contribution < 1.29 is 13.9 Å². The summed E-state index contributed by atoms with van der Waals surface area (Å²) in [6, 6.07) is 8.60. The number of rotatable bonds is 5. The molecule has 9 heteroatoms. The van der Waals surface area contributed by atoms with Crippen molar-refractivity contribution in [2.24, 2.45) is 0 Å². The Morgan fingerprint density at radius 1 is 1.33 bits per heavy atom. The molecule has 5 nitrogen and oxygen atoms in total. The predicted molar refractivity (Wildman–Crippen MR) is 106 cm³/mol. The molecule has 0 saturated heterocycles. The molecular weight excluding hydrogens is 409 g/mol. The van der Waals surface area contributed by atoms with Crippen molar-refractivity contribution in [3.63, 3.8) is 0 Å². The molecule has 140 valence electrons. The standard InChI is InChI=1S/C18H15ClFN3O2S2/c1-10-14(19)3-2-4-15(10)21-17-22-23-18(27-17)26-8-12-6-13(20)5-11-7-24-9-25-16(11)12/h2-6H,7-9H2,1H3,(H,21,22). The van der Waals surface area contributed by atoms with E-state index in [4.69, 9.17) is 21.1 Å². The molecule has 0 atom stereocenters. The minimum atomic E-state index is -0.297. The van der Waals surface area contributed by atoms with E-state index in [1.54, 1.807) is 0 Å². The number of thioether (sulfide) groups is 1. The fourth-order valence-corrected chi connectivity index (χ4v) is 4.59. The van der Waals surface area contributed by atoms with Gasteiger partial charge in [-0.2, -0.15) is 0 Å². The zero-order chi connectivity index (χ0) is 18.8. The molecule has 0 saturated carbocycles. The van der Waals surface area contributed by atoms with Gasteiger partial charge < -0.3 is 14.8 Å². The third kappa shape index (κ3) is 4.19. The number of ether oxygens (including phenoxy) is 2. The van der Waals surface area contributed by atoms with E-state index >= 15 is 0 Å². The lowest BCUT2D eigenvalue weighted by Crippen LogP contribution is -2.13. The van der Waals surface area contributed by atoms with Gasteiger partial charge in [-0.3, -0.25) is 0 Å². The van der Waals surface area contributed by atoms with Gasteiger partial charge in [-0.05, 0) is 36.8 Å². The molecule has 1 aromatic heterocycles. The number of benzene rings is 2. The van der Waals surface area contributed by atoms with Gasteiger partial charge in [-0.25, -0.2) is 4.39 Å². The van der Waals surface area contributed by atoms with Gasteiger partial charge in [0.2, 0.25) is 5.13 Å². The lowest BCUT2D eigenvalue weighted by Gasteiger charge is -2.20. The maximum atomic E-state index is 13.8. The smallest absolute Gasteiger partial charge is 0.210 e. The van der Waals surface area contributed by atoms with Crippen LogP contribution in [0.25, 0.3) is 0 Å². The quantitative estimate of drug-likeness (QED) is 0.543. The Kier molecular flexibility index (Phi) is 5.49. The van der Waals surface area contributed by atoms with Crippen molar-refractivity contribution in [2.75, 3.05) is 12.1 Å². The van der Waals surface area contributed by atoms with E-state index < -0.39 is 0 Å². The van der Waals surface area contributed by atoms with E-state index in [9.17, 15) is 4.39 Å². The van der Waals surface area contributed by atoms with E-state index in [0.29, 0.717) is 28.3 Å². The van der Waals surface area contributed by atoms with Crippen LogP contribution in [0.2, 0.25) is 5.02 Å². The first-order valence-corrected chi connectivity index (χ1v) is 10.3. The van der Waals surface area contributed by atoms with Gasteiger partial charge in [0.15, 0.2) is 11.1 Å². The summed E-state index contributed by atoms with van der Waals surface area (Å²) in [7, 11) is 0. The highest BCUT2D eigenvalue weighted by atomic mass is 35.5. The second-order valence-corrected chi connectivity index (χ2v) is 8.47. The van der Waals surface area contributed by atoms with Gasteiger partial charge in [0, 0.05) is 27.6 Å². The number of halogens is 2. The first-order chi connectivity index (χ1) is 13.1. The molecule has 4 rings (SSSR count). The molecular formula is C18H15ClFN3O2S2. The van der Waals surface area contributed by atoms with Crippen LogP contribution in [0.4, 0.5) is 15.2 Å². The summed E-state index contributed by atoms with van der Waals surface area (Å²) >= 11 is 9.06.